The van der Waals surface area contributed by atoms with Crippen molar-refractivity contribution >= 4 is 17.8 Å². The van der Waals surface area contributed by atoms with Crippen LogP contribution in [-0.4, -0.2) is 54.8 Å². The van der Waals surface area contributed by atoms with E-state index >= 15 is 0 Å². The van der Waals surface area contributed by atoms with Gasteiger partial charge in [-0.3, -0.25) is 9.59 Å². The number of nitrogens with one attached hydrogen (secondary N) is 1. The molecule has 2 heterocycles. The van der Waals surface area contributed by atoms with E-state index in [4.69, 9.17) is 18.9 Å². The number of nitrogens with zero attached hydrogens (tertiary/aromatic N) is 1. The van der Waals surface area contributed by atoms with Gasteiger partial charge in [-0.2, -0.15) is 0 Å². The van der Waals surface area contributed by atoms with Gasteiger partial charge in [0, 0.05) is 25.8 Å². The third-order valence-corrected chi connectivity index (χ3v) is 7.07. The van der Waals surface area contributed by atoms with Crippen molar-refractivity contribution in [2.45, 2.75) is 70.6 Å². The molecule has 1 aliphatic carbocycles. The number of pyridine rings is 1. The van der Waals surface area contributed by atoms with Gasteiger partial charge in [-0.25, -0.2) is 14.2 Å². The second-order valence-corrected chi connectivity index (χ2v) is 10.2. The van der Waals surface area contributed by atoms with Crippen molar-refractivity contribution in [3.63, 3.8) is 0 Å². The van der Waals surface area contributed by atoms with Crippen LogP contribution in [0.15, 0.2) is 36.5 Å². The summed E-state index contributed by atoms with van der Waals surface area (Å²) in [7, 11) is 1.38. The Balaban J connectivity index is 1.51. The molecule has 39 heavy (non-hydrogen) atoms. The first-order valence-corrected chi connectivity index (χ1v) is 13.3. The van der Waals surface area contributed by atoms with Crippen molar-refractivity contribution in [3.8, 4) is 11.5 Å². The molecule has 4 unspecified atom stereocenters. The Kier molecular flexibility index (Phi) is 9.50. The second-order valence-electron chi connectivity index (χ2n) is 10.2. The lowest BCUT2D eigenvalue weighted by molar-refractivity contribution is -0.161. The number of ether oxygens (including phenoxy) is 4. The van der Waals surface area contributed by atoms with E-state index in [1.807, 2.05) is 0 Å². The van der Waals surface area contributed by atoms with Gasteiger partial charge in [-0.15, -0.1) is 0 Å². The van der Waals surface area contributed by atoms with Crippen LogP contribution in [0.4, 0.5) is 4.39 Å². The molecule has 2 aromatic rings. The molecule has 0 bridgehead atoms. The summed E-state index contributed by atoms with van der Waals surface area (Å²) in [5, 5.41) is 2.71. The van der Waals surface area contributed by atoms with Gasteiger partial charge in [-0.05, 0) is 68.6 Å². The monoisotopic (exact) mass is 542 g/mol. The maximum Gasteiger partial charge on any atom is 0.329 e. The highest BCUT2D eigenvalue weighted by atomic mass is 19.1. The number of rotatable bonds is 9. The zero-order chi connectivity index (χ0) is 27.9. The van der Waals surface area contributed by atoms with Gasteiger partial charge in [0.15, 0.2) is 11.4 Å². The van der Waals surface area contributed by atoms with Crippen molar-refractivity contribution < 1.29 is 37.7 Å². The van der Waals surface area contributed by atoms with Gasteiger partial charge in [0.25, 0.3) is 5.91 Å². The summed E-state index contributed by atoms with van der Waals surface area (Å²) < 4.78 is 36.0. The van der Waals surface area contributed by atoms with Gasteiger partial charge in [-0.1, -0.05) is 18.6 Å². The molecule has 2 aliphatic rings. The Bertz CT molecular complexity index is 1170. The number of carbonyl (C=O) groups is 3. The lowest BCUT2D eigenvalue weighted by atomic mass is 9.86. The number of carbonyl (C=O) groups excluding carboxylic acids is 3. The van der Waals surface area contributed by atoms with Crippen LogP contribution in [0.2, 0.25) is 0 Å². The minimum Gasteiger partial charge on any atom is -0.493 e. The van der Waals surface area contributed by atoms with Crippen LogP contribution in [-0.2, 0) is 25.5 Å². The van der Waals surface area contributed by atoms with E-state index in [0.29, 0.717) is 31.8 Å². The summed E-state index contributed by atoms with van der Waals surface area (Å²) in [6.07, 6.45) is 5.02. The van der Waals surface area contributed by atoms with Crippen LogP contribution in [0.5, 0.6) is 11.5 Å². The zero-order valence-electron chi connectivity index (χ0n) is 22.5. The fraction of sp³-hybridized carbons (Fsp3) is 0.517. The normalized spacial score (nSPS) is 23.5. The second kappa shape index (κ2) is 13.0. The average molecular weight is 543 g/mol. The van der Waals surface area contributed by atoms with Crippen LogP contribution in [0.25, 0.3) is 0 Å². The number of hydrogen-bond acceptors (Lipinski definition) is 8. The molecular formula is C29H35FN2O7. The first kappa shape index (κ1) is 28.5. The summed E-state index contributed by atoms with van der Waals surface area (Å²) in [5.74, 6) is -1.60. The molecule has 0 spiro atoms. The lowest BCUT2D eigenvalue weighted by Crippen LogP contribution is -2.45. The maximum atomic E-state index is 13.5. The lowest BCUT2D eigenvalue weighted by Gasteiger charge is -2.31. The number of esters is 2. The number of aromatic nitrogens is 1. The molecule has 10 heteroatoms. The fourth-order valence-electron chi connectivity index (χ4n) is 4.88. The average Bonchev–Trinajstić information content (AvgIpc) is 3.72. The molecule has 1 N–H and O–H groups in total. The molecule has 1 saturated carbocycles. The van der Waals surface area contributed by atoms with E-state index in [2.05, 4.69) is 10.3 Å². The zero-order valence-corrected chi connectivity index (χ0v) is 22.5. The van der Waals surface area contributed by atoms with Crippen LogP contribution in [0.1, 0.15) is 62.0 Å². The van der Waals surface area contributed by atoms with Gasteiger partial charge in [0.2, 0.25) is 5.75 Å². The number of benzene rings is 1. The Morgan fingerprint density at radius 2 is 1.87 bits per heavy atom. The molecule has 1 aromatic carbocycles. The van der Waals surface area contributed by atoms with Gasteiger partial charge in [0.1, 0.15) is 18.0 Å². The Morgan fingerprint density at radius 3 is 2.54 bits per heavy atom. The summed E-state index contributed by atoms with van der Waals surface area (Å²) in [6.45, 7) is 3.61. The van der Waals surface area contributed by atoms with E-state index in [1.54, 1.807) is 19.1 Å². The highest BCUT2D eigenvalue weighted by molar-refractivity contribution is 5.98. The number of halogens is 1. The van der Waals surface area contributed by atoms with Crippen LogP contribution < -0.4 is 14.8 Å². The number of cyclic esters (lactones) is 1. The molecular weight excluding hydrogens is 507 g/mol. The Hall–Kier alpha value is -3.53. The molecule has 9 nitrogen and oxygen atoms in total. The minimum absolute atomic E-state index is 0.0297. The Labute approximate surface area is 227 Å². The molecule has 1 aliphatic heterocycles. The SMILES string of the molecule is COc1ccnc(C(=O)NC2CCCC(Cc3ccc(F)cc3)C(OCC3CC3)C(C)OC2=O)c1OC(C)=O. The summed E-state index contributed by atoms with van der Waals surface area (Å²) in [6, 6.07) is 6.94. The van der Waals surface area contributed by atoms with Gasteiger partial charge >= 0.3 is 11.9 Å². The van der Waals surface area contributed by atoms with E-state index in [-0.39, 0.29) is 35.0 Å². The number of methoxy groups -OCH3 is 1. The smallest absolute Gasteiger partial charge is 0.329 e. The van der Waals surface area contributed by atoms with Crippen molar-refractivity contribution in [1.29, 1.82) is 0 Å². The topological polar surface area (TPSA) is 113 Å². The summed E-state index contributed by atoms with van der Waals surface area (Å²) in [5.41, 5.74) is 0.802. The first-order valence-electron chi connectivity index (χ1n) is 13.3. The molecule has 1 saturated heterocycles. The molecule has 0 radical (unpaired) electrons. The quantitative estimate of drug-likeness (QED) is 0.473. The highest BCUT2D eigenvalue weighted by Gasteiger charge is 2.37. The molecule has 210 valence electrons. The fourth-order valence-corrected chi connectivity index (χ4v) is 4.88. The third-order valence-electron chi connectivity index (χ3n) is 7.07. The number of hydrogen-bond donors (Lipinski definition) is 1. The molecule has 4 atom stereocenters. The van der Waals surface area contributed by atoms with Crippen LogP contribution >= 0.6 is 0 Å². The van der Waals surface area contributed by atoms with E-state index in [9.17, 15) is 18.8 Å². The largest absolute Gasteiger partial charge is 0.493 e. The molecule has 1 aromatic heterocycles. The first-order chi connectivity index (χ1) is 18.7. The Morgan fingerprint density at radius 1 is 1.13 bits per heavy atom. The third kappa shape index (κ3) is 7.75. The van der Waals surface area contributed by atoms with Crippen molar-refractivity contribution in [1.82, 2.24) is 10.3 Å². The molecule has 4 rings (SSSR count). The highest BCUT2D eigenvalue weighted by Crippen LogP contribution is 2.33. The van der Waals surface area contributed by atoms with Crippen LogP contribution in [0.3, 0.4) is 0 Å². The molecule has 2 fully saturated rings. The number of amides is 1. The minimum atomic E-state index is -0.938. The predicted molar refractivity (Wildman–Crippen MR) is 139 cm³/mol. The summed E-state index contributed by atoms with van der Waals surface area (Å²) >= 11 is 0. The molecule has 1 amide bonds. The maximum absolute atomic E-state index is 13.5. The summed E-state index contributed by atoms with van der Waals surface area (Å²) in [4.78, 5) is 42.1. The van der Waals surface area contributed by atoms with E-state index in [1.165, 1.54) is 38.4 Å². The van der Waals surface area contributed by atoms with E-state index in [0.717, 1.165) is 24.8 Å². The van der Waals surface area contributed by atoms with E-state index < -0.39 is 30.0 Å². The van der Waals surface area contributed by atoms with Crippen LogP contribution in [0, 0.1) is 17.7 Å². The van der Waals surface area contributed by atoms with Crippen molar-refractivity contribution in [3.05, 3.63) is 53.6 Å². The van der Waals surface area contributed by atoms with Gasteiger partial charge in [0.05, 0.1) is 13.2 Å². The van der Waals surface area contributed by atoms with Crippen molar-refractivity contribution in [2.24, 2.45) is 11.8 Å². The predicted octanol–water partition coefficient (Wildman–Crippen LogP) is 4.02. The van der Waals surface area contributed by atoms with Crippen molar-refractivity contribution in [2.75, 3.05) is 13.7 Å². The standard InChI is InChI=1S/C29H35FN2O7/c1-17-26(37-16-20-7-8-20)21(15-19-9-11-22(30)12-10-19)5-4-6-23(29(35)38-17)32-28(34)25-27(39-18(2)33)24(36-3)13-14-31-25/h9-14,17,20-21,23,26H,4-8,15-16H2,1-3H3,(H,32,34). The van der Waals surface area contributed by atoms with Gasteiger partial charge < -0.3 is 24.3 Å².